The van der Waals surface area contributed by atoms with Crippen molar-refractivity contribution in [2.45, 2.75) is 38.3 Å². The molecule has 1 heterocycles. The molecule has 2 unspecified atom stereocenters. The maximum atomic E-state index is 11.8. The lowest BCUT2D eigenvalue weighted by Gasteiger charge is -2.41. The standard InChI is InChI=1S/C22H25N3O/c1-16-7-5-10-18(14-23-13-17-8-3-2-4-9-17)22(16,26)19-11-6-12-20-21(19)25-15-24-20/h2-4,6,8-9,11-12,14-16,23,26H,5,7,10,13H2,1H3,(H,24,25)/b18-14+. The van der Waals surface area contributed by atoms with E-state index in [2.05, 4.69) is 34.3 Å². The van der Waals surface area contributed by atoms with Gasteiger partial charge in [-0.15, -0.1) is 0 Å². The zero-order valence-corrected chi connectivity index (χ0v) is 15.1. The van der Waals surface area contributed by atoms with Gasteiger partial charge in [0, 0.05) is 12.1 Å². The molecule has 0 amide bonds. The number of rotatable bonds is 4. The fourth-order valence-corrected chi connectivity index (χ4v) is 4.10. The van der Waals surface area contributed by atoms with E-state index < -0.39 is 5.60 Å². The molecule has 0 saturated heterocycles. The summed E-state index contributed by atoms with van der Waals surface area (Å²) in [7, 11) is 0. The normalized spacial score (nSPS) is 24.8. The van der Waals surface area contributed by atoms with Crippen LogP contribution in [-0.2, 0) is 12.1 Å². The van der Waals surface area contributed by atoms with E-state index in [1.807, 2.05) is 42.6 Å². The van der Waals surface area contributed by atoms with Crippen molar-refractivity contribution in [3.05, 3.63) is 77.8 Å². The third kappa shape index (κ3) is 2.90. The lowest BCUT2D eigenvalue weighted by molar-refractivity contribution is 0.000165. The Morgan fingerprint density at radius 2 is 2.08 bits per heavy atom. The summed E-state index contributed by atoms with van der Waals surface area (Å²) in [6, 6.07) is 16.3. The van der Waals surface area contributed by atoms with Crippen molar-refractivity contribution < 1.29 is 5.11 Å². The summed E-state index contributed by atoms with van der Waals surface area (Å²) >= 11 is 0. The van der Waals surface area contributed by atoms with Crippen molar-refractivity contribution in [1.82, 2.24) is 15.3 Å². The number of aliphatic hydroxyl groups is 1. The predicted molar refractivity (Wildman–Crippen MR) is 104 cm³/mol. The summed E-state index contributed by atoms with van der Waals surface area (Å²) in [5.74, 6) is 0.142. The summed E-state index contributed by atoms with van der Waals surface area (Å²) in [4.78, 5) is 7.63. The molecule has 1 saturated carbocycles. The van der Waals surface area contributed by atoms with Crippen LogP contribution in [-0.4, -0.2) is 15.1 Å². The number of benzene rings is 2. The molecule has 1 aliphatic rings. The molecule has 2 aromatic carbocycles. The SMILES string of the molecule is CC1CCC/C(=C\NCc2ccccc2)C1(O)c1cccc2[nH]cnc12. The highest BCUT2D eigenvalue weighted by Crippen LogP contribution is 2.46. The fourth-order valence-electron chi connectivity index (χ4n) is 4.10. The van der Waals surface area contributed by atoms with Crippen molar-refractivity contribution in [2.24, 2.45) is 5.92 Å². The third-order valence-corrected chi connectivity index (χ3v) is 5.57. The lowest BCUT2D eigenvalue weighted by Crippen LogP contribution is -2.39. The van der Waals surface area contributed by atoms with Gasteiger partial charge >= 0.3 is 0 Å². The Hall–Kier alpha value is -2.59. The fraction of sp³-hybridized carbons (Fsp3) is 0.318. The van der Waals surface area contributed by atoms with Gasteiger partial charge in [0.25, 0.3) is 0 Å². The minimum Gasteiger partial charge on any atom is -0.387 e. The number of fused-ring (bicyclic) bond motifs is 1. The molecule has 0 aliphatic heterocycles. The van der Waals surface area contributed by atoms with E-state index in [-0.39, 0.29) is 5.92 Å². The molecule has 3 aromatic rings. The van der Waals surface area contributed by atoms with Crippen molar-refractivity contribution in [2.75, 3.05) is 0 Å². The van der Waals surface area contributed by atoms with E-state index in [0.717, 1.165) is 48.0 Å². The summed E-state index contributed by atoms with van der Waals surface area (Å²) < 4.78 is 0. The highest BCUT2D eigenvalue weighted by Gasteiger charge is 2.43. The van der Waals surface area contributed by atoms with Crippen molar-refractivity contribution in [1.29, 1.82) is 0 Å². The van der Waals surface area contributed by atoms with E-state index in [1.54, 1.807) is 6.33 Å². The van der Waals surface area contributed by atoms with Gasteiger partial charge in [0.2, 0.25) is 0 Å². The molecule has 3 N–H and O–H groups in total. The maximum Gasteiger partial charge on any atom is 0.117 e. The van der Waals surface area contributed by atoms with Crippen molar-refractivity contribution in [3.63, 3.8) is 0 Å². The van der Waals surface area contributed by atoms with Crippen LogP contribution < -0.4 is 5.32 Å². The van der Waals surface area contributed by atoms with E-state index in [9.17, 15) is 5.11 Å². The molecule has 4 rings (SSSR count). The smallest absolute Gasteiger partial charge is 0.117 e. The molecule has 4 nitrogen and oxygen atoms in total. The number of aromatic nitrogens is 2. The minimum absolute atomic E-state index is 0.142. The zero-order valence-electron chi connectivity index (χ0n) is 15.1. The Morgan fingerprint density at radius 1 is 1.23 bits per heavy atom. The van der Waals surface area contributed by atoms with Crippen LogP contribution in [0, 0.1) is 5.92 Å². The van der Waals surface area contributed by atoms with Crippen LogP contribution in [0.5, 0.6) is 0 Å². The maximum absolute atomic E-state index is 11.8. The summed E-state index contributed by atoms with van der Waals surface area (Å²) in [5.41, 5.74) is 4.00. The second-order valence-corrected chi connectivity index (χ2v) is 7.20. The number of nitrogens with one attached hydrogen (secondary N) is 2. The first-order valence-corrected chi connectivity index (χ1v) is 9.31. The Kier molecular flexibility index (Phi) is 4.51. The minimum atomic E-state index is -0.989. The van der Waals surface area contributed by atoms with Crippen LogP contribution >= 0.6 is 0 Å². The molecule has 1 aromatic heterocycles. The monoisotopic (exact) mass is 347 g/mol. The quantitative estimate of drug-likeness (QED) is 0.661. The van der Waals surface area contributed by atoms with E-state index >= 15 is 0 Å². The Morgan fingerprint density at radius 3 is 2.92 bits per heavy atom. The van der Waals surface area contributed by atoms with Gasteiger partial charge in [-0.2, -0.15) is 0 Å². The summed E-state index contributed by atoms with van der Waals surface area (Å²) in [6.45, 7) is 2.89. The number of hydrogen-bond acceptors (Lipinski definition) is 3. The third-order valence-electron chi connectivity index (χ3n) is 5.57. The first-order chi connectivity index (χ1) is 12.7. The average molecular weight is 347 g/mol. The van der Waals surface area contributed by atoms with Crippen LogP contribution in [0.1, 0.15) is 37.3 Å². The first-order valence-electron chi connectivity index (χ1n) is 9.31. The molecule has 26 heavy (non-hydrogen) atoms. The molecule has 0 bridgehead atoms. The predicted octanol–water partition coefficient (Wildman–Crippen LogP) is 4.24. The Labute approximate surface area is 154 Å². The highest BCUT2D eigenvalue weighted by molar-refractivity contribution is 5.80. The Bertz CT molecular complexity index is 915. The lowest BCUT2D eigenvalue weighted by atomic mass is 9.69. The number of imidazole rings is 1. The van der Waals surface area contributed by atoms with Gasteiger partial charge in [0.15, 0.2) is 0 Å². The van der Waals surface area contributed by atoms with Gasteiger partial charge in [0.05, 0.1) is 17.4 Å². The van der Waals surface area contributed by atoms with E-state index in [0.29, 0.717) is 0 Å². The molecule has 4 heteroatoms. The summed E-state index contributed by atoms with van der Waals surface area (Å²) in [5, 5.41) is 15.2. The van der Waals surface area contributed by atoms with E-state index in [4.69, 9.17) is 0 Å². The summed E-state index contributed by atoms with van der Waals surface area (Å²) in [6.07, 6.45) is 6.71. The van der Waals surface area contributed by atoms with E-state index in [1.165, 1.54) is 5.56 Å². The van der Waals surface area contributed by atoms with Crippen LogP contribution in [0.15, 0.2) is 66.6 Å². The molecule has 1 fully saturated rings. The van der Waals surface area contributed by atoms with Gasteiger partial charge in [-0.3, -0.25) is 0 Å². The van der Waals surface area contributed by atoms with Gasteiger partial charge < -0.3 is 15.4 Å². The molecular weight excluding hydrogens is 322 g/mol. The van der Waals surface area contributed by atoms with Gasteiger partial charge in [-0.05, 0) is 48.6 Å². The molecule has 134 valence electrons. The molecule has 0 radical (unpaired) electrons. The van der Waals surface area contributed by atoms with Crippen LogP contribution in [0.2, 0.25) is 0 Å². The number of para-hydroxylation sites is 1. The van der Waals surface area contributed by atoms with Gasteiger partial charge in [-0.25, -0.2) is 4.98 Å². The number of aromatic amines is 1. The van der Waals surface area contributed by atoms with Crippen molar-refractivity contribution in [3.8, 4) is 0 Å². The average Bonchev–Trinajstić information content (AvgIpc) is 3.15. The van der Waals surface area contributed by atoms with Gasteiger partial charge in [0.1, 0.15) is 5.60 Å². The molecule has 2 atom stereocenters. The zero-order chi connectivity index (χ0) is 18.0. The second-order valence-electron chi connectivity index (χ2n) is 7.20. The Balaban J connectivity index is 1.68. The second kappa shape index (κ2) is 6.96. The van der Waals surface area contributed by atoms with Crippen LogP contribution in [0.25, 0.3) is 11.0 Å². The molecule has 0 spiro atoms. The topological polar surface area (TPSA) is 60.9 Å². The van der Waals surface area contributed by atoms with Crippen LogP contribution in [0.3, 0.4) is 0 Å². The number of hydrogen-bond donors (Lipinski definition) is 3. The number of H-pyrrole nitrogens is 1. The van der Waals surface area contributed by atoms with Crippen LogP contribution in [0.4, 0.5) is 0 Å². The van der Waals surface area contributed by atoms with Gasteiger partial charge in [-0.1, -0.05) is 49.4 Å². The number of nitrogens with zero attached hydrogens (tertiary/aromatic N) is 1. The van der Waals surface area contributed by atoms with Crippen molar-refractivity contribution >= 4 is 11.0 Å². The molecule has 1 aliphatic carbocycles. The largest absolute Gasteiger partial charge is 0.387 e. The highest BCUT2D eigenvalue weighted by atomic mass is 16.3. The molecular formula is C22H25N3O. The first kappa shape index (κ1) is 16.9.